The molecular weight excluding hydrogens is 209 g/mol. The molecule has 0 nitrogen and oxygen atoms in total. The summed E-state index contributed by atoms with van der Waals surface area (Å²) >= 11 is 0. The van der Waals surface area contributed by atoms with Crippen LogP contribution in [0.4, 0.5) is 0 Å². The summed E-state index contributed by atoms with van der Waals surface area (Å²) in [4.78, 5) is 0. The maximum absolute atomic E-state index is 3.76. The Hall–Kier alpha value is 0.324. The molecule has 0 aliphatic carbocycles. The molecule has 1 rings (SSSR count). The van der Waals surface area contributed by atoms with Gasteiger partial charge in [-0.1, -0.05) is 35.9 Å². The molecule has 1 aromatic rings. The smallest absolute Gasteiger partial charge is 0 e. The van der Waals surface area contributed by atoms with E-state index in [0.717, 1.165) is 6.42 Å². The summed E-state index contributed by atoms with van der Waals surface area (Å²) in [5, 5.41) is 0. The van der Waals surface area contributed by atoms with Crippen LogP contribution in [0.15, 0.2) is 30.3 Å². The Bertz CT molecular complexity index is 146. The first-order valence-electron chi connectivity index (χ1n) is 3.47. The maximum atomic E-state index is 3.76. The van der Waals surface area contributed by atoms with Crippen LogP contribution >= 0.6 is 0 Å². The first-order chi connectivity index (χ1) is 4.93. The van der Waals surface area contributed by atoms with E-state index >= 15 is 0 Å². The van der Waals surface area contributed by atoms with Crippen molar-refractivity contribution in [2.24, 2.45) is 0 Å². The quantitative estimate of drug-likeness (QED) is 0.642. The second-order valence-corrected chi connectivity index (χ2v) is 1.74. The topological polar surface area (TPSA) is 0 Å². The molecule has 11 heavy (non-hydrogen) atoms. The molecule has 0 atom stereocenters. The van der Waals surface area contributed by atoms with Gasteiger partial charge in [0.15, 0.2) is 0 Å². The largest absolute Gasteiger partial charge is 0.346 e. The Morgan fingerprint density at radius 3 is 1.82 bits per heavy atom. The summed E-state index contributed by atoms with van der Waals surface area (Å²) < 4.78 is 0. The molecule has 0 amide bonds. The molecule has 0 N–H and O–H groups in total. The van der Waals surface area contributed by atoms with Crippen molar-refractivity contribution in [3.8, 4) is 0 Å². The van der Waals surface area contributed by atoms with Crippen molar-refractivity contribution in [2.45, 2.75) is 13.3 Å². The van der Waals surface area contributed by atoms with Gasteiger partial charge in [0.2, 0.25) is 0 Å². The van der Waals surface area contributed by atoms with Gasteiger partial charge in [0.25, 0.3) is 0 Å². The van der Waals surface area contributed by atoms with Crippen LogP contribution in [0.1, 0.15) is 12.5 Å². The third kappa shape index (κ3) is 6.71. The van der Waals surface area contributed by atoms with Gasteiger partial charge in [0.1, 0.15) is 0 Å². The van der Waals surface area contributed by atoms with E-state index in [1.54, 1.807) is 6.92 Å². The second-order valence-electron chi connectivity index (χ2n) is 1.74. The zero-order valence-electron chi connectivity index (χ0n) is 7.09. The minimum Gasteiger partial charge on any atom is -0.346 e. The van der Waals surface area contributed by atoms with E-state index in [0.29, 0.717) is 0 Å². The van der Waals surface area contributed by atoms with Crippen LogP contribution in [-0.2, 0) is 39.1 Å². The number of hydrogen-bond acceptors (Lipinski definition) is 0. The number of hydrogen-bond donors (Lipinski definition) is 0. The van der Waals surface area contributed by atoms with Gasteiger partial charge in [-0.3, -0.25) is 0 Å². The van der Waals surface area contributed by atoms with Crippen molar-refractivity contribution in [3.05, 3.63) is 49.7 Å². The van der Waals surface area contributed by atoms with E-state index in [9.17, 15) is 0 Å². The van der Waals surface area contributed by atoms with Gasteiger partial charge in [0.05, 0.1) is 0 Å². The maximum Gasteiger partial charge on any atom is 0 e. The van der Waals surface area contributed by atoms with Crippen molar-refractivity contribution in [1.82, 2.24) is 0 Å². The average Bonchev–Trinajstić information content (AvgIpc) is 2.10. The van der Waals surface area contributed by atoms with E-state index in [-0.39, 0.29) is 32.7 Å². The molecule has 1 radical (unpaired) electrons. The fraction of sp³-hybridized carbons (Fsp3) is 0.200. The SMILES string of the molecule is [CH2-]C.[CH2-]Cc1ccccc1.[Y]. The number of benzene rings is 1. The van der Waals surface area contributed by atoms with E-state index < -0.39 is 0 Å². The standard InChI is InChI=1S/C8H9.C2H5.Y/c1-2-8-6-4-3-5-7-8;1-2;/h3-7H,1-2H2;1H2,2H3;/q2*-1;. The molecule has 0 aliphatic heterocycles. The Balaban J connectivity index is 0. The Labute approximate surface area is 95.3 Å². The van der Waals surface area contributed by atoms with Gasteiger partial charge in [-0.15, -0.1) is 0 Å². The minimum absolute atomic E-state index is 0. The van der Waals surface area contributed by atoms with Crippen molar-refractivity contribution in [3.63, 3.8) is 0 Å². The summed E-state index contributed by atoms with van der Waals surface area (Å²) in [6, 6.07) is 10.2. The molecular formula is C10H14Y-2. The fourth-order valence-electron chi connectivity index (χ4n) is 0.645. The monoisotopic (exact) mass is 223 g/mol. The summed E-state index contributed by atoms with van der Waals surface area (Å²) in [6.45, 7) is 8.76. The van der Waals surface area contributed by atoms with Crippen molar-refractivity contribution in [1.29, 1.82) is 0 Å². The van der Waals surface area contributed by atoms with Crippen LogP contribution in [-0.4, -0.2) is 0 Å². The molecule has 59 valence electrons. The van der Waals surface area contributed by atoms with Crippen molar-refractivity contribution >= 4 is 0 Å². The zero-order valence-corrected chi connectivity index (χ0v) is 9.92. The van der Waals surface area contributed by atoms with Gasteiger partial charge >= 0.3 is 0 Å². The zero-order chi connectivity index (χ0) is 7.82. The van der Waals surface area contributed by atoms with Gasteiger partial charge in [-0.25, -0.2) is 0 Å². The van der Waals surface area contributed by atoms with E-state index in [4.69, 9.17) is 0 Å². The molecule has 0 saturated heterocycles. The predicted molar refractivity (Wildman–Crippen MR) is 46.5 cm³/mol. The van der Waals surface area contributed by atoms with Crippen LogP contribution in [0.2, 0.25) is 0 Å². The summed E-state index contributed by atoms with van der Waals surface area (Å²) in [5.41, 5.74) is 1.30. The normalized spacial score (nSPS) is 7.18. The average molecular weight is 223 g/mol. The number of rotatable bonds is 1. The van der Waals surface area contributed by atoms with E-state index in [1.807, 2.05) is 18.2 Å². The third-order valence-corrected chi connectivity index (χ3v) is 1.13. The van der Waals surface area contributed by atoms with Crippen LogP contribution in [0.3, 0.4) is 0 Å². The molecule has 0 aliphatic rings. The molecule has 0 unspecified atom stereocenters. The third-order valence-electron chi connectivity index (χ3n) is 1.13. The first kappa shape index (κ1) is 13.9. The predicted octanol–water partition coefficient (Wildman–Crippen LogP) is 2.90. The van der Waals surface area contributed by atoms with Crippen molar-refractivity contribution < 1.29 is 32.7 Å². The van der Waals surface area contributed by atoms with Gasteiger partial charge < -0.3 is 13.8 Å². The summed E-state index contributed by atoms with van der Waals surface area (Å²) in [6.07, 6.45) is 0.890. The van der Waals surface area contributed by atoms with Crippen LogP contribution < -0.4 is 0 Å². The van der Waals surface area contributed by atoms with Gasteiger partial charge in [-0.05, 0) is 0 Å². The van der Waals surface area contributed by atoms with Gasteiger partial charge in [0, 0.05) is 32.7 Å². The summed E-state index contributed by atoms with van der Waals surface area (Å²) in [7, 11) is 0. The molecule has 1 aromatic carbocycles. The Morgan fingerprint density at radius 2 is 1.55 bits per heavy atom. The second kappa shape index (κ2) is 10.3. The van der Waals surface area contributed by atoms with Crippen LogP contribution in [0, 0.1) is 13.8 Å². The Kier molecular flexibility index (Phi) is 13.0. The Morgan fingerprint density at radius 1 is 1.09 bits per heavy atom. The molecule has 0 fully saturated rings. The van der Waals surface area contributed by atoms with Crippen LogP contribution in [0.5, 0.6) is 0 Å². The van der Waals surface area contributed by atoms with E-state index in [2.05, 4.69) is 26.0 Å². The van der Waals surface area contributed by atoms with Crippen LogP contribution in [0.25, 0.3) is 0 Å². The molecule has 0 heterocycles. The molecule has 0 saturated carbocycles. The molecule has 0 spiro atoms. The molecule has 1 heteroatoms. The minimum atomic E-state index is 0. The fourth-order valence-corrected chi connectivity index (χ4v) is 0.645. The summed E-state index contributed by atoms with van der Waals surface area (Å²) in [5.74, 6) is 0. The van der Waals surface area contributed by atoms with Crippen molar-refractivity contribution in [2.75, 3.05) is 0 Å². The first-order valence-corrected chi connectivity index (χ1v) is 3.47. The molecule has 0 aromatic heterocycles. The van der Waals surface area contributed by atoms with Gasteiger partial charge in [-0.2, -0.15) is 13.3 Å². The molecule has 0 bridgehead atoms. The van der Waals surface area contributed by atoms with E-state index in [1.165, 1.54) is 5.56 Å².